The van der Waals surface area contributed by atoms with E-state index in [9.17, 15) is 18.0 Å². The summed E-state index contributed by atoms with van der Waals surface area (Å²) in [5, 5.41) is 2.97. The van der Waals surface area contributed by atoms with Crippen molar-refractivity contribution in [3.05, 3.63) is 64.1 Å². The molecule has 9 heteroatoms. The van der Waals surface area contributed by atoms with E-state index < -0.39 is 28.5 Å². The zero-order chi connectivity index (χ0) is 25.5. The number of amides is 2. The van der Waals surface area contributed by atoms with Crippen LogP contribution in [0.15, 0.2) is 53.0 Å². The Balaban J connectivity index is 2.44. The van der Waals surface area contributed by atoms with Crippen LogP contribution in [0.3, 0.4) is 0 Å². The van der Waals surface area contributed by atoms with Gasteiger partial charge in [0, 0.05) is 17.1 Å². The Bertz CT molecular complexity index is 1090. The van der Waals surface area contributed by atoms with Gasteiger partial charge in [-0.15, -0.1) is 0 Å². The van der Waals surface area contributed by atoms with Crippen LogP contribution in [0.5, 0.6) is 0 Å². The number of halogens is 1. The van der Waals surface area contributed by atoms with Crippen molar-refractivity contribution in [2.45, 2.75) is 59.2 Å². The van der Waals surface area contributed by atoms with Gasteiger partial charge in [-0.1, -0.05) is 54.0 Å². The highest BCUT2D eigenvalue weighted by atomic mass is 79.9. The van der Waals surface area contributed by atoms with E-state index >= 15 is 0 Å². The van der Waals surface area contributed by atoms with Crippen molar-refractivity contribution in [3.63, 3.8) is 0 Å². The summed E-state index contributed by atoms with van der Waals surface area (Å²) in [6.45, 7) is 7.49. The van der Waals surface area contributed by atoms with Gasteiger partial charge in [-0.25, -0.2) is 8.42 Å². The summed E-state index contributed by atoms with van der Waals surface area (Å²) in [6, 6.07) is 13.6. The van der Waals surface area contributed by atoms with Crippen molar-refractivity contribution < 1.29 is 18.0 Å². The number of carbonyl (C=O) groups is 2. The molecule has 2 aromatic rings. The highest BCUT2D eigenvalue weighted by Crippen LogP contribution is 2.22. The quantitative estimate of drug-likeness (QED) is 0.452. The topological polar surface area (TPSA) is 86.8 Å². The van der Waals surface area contributed by atoms with Crippen LogP contribution in [0, 0.1) is 6.92 Å². The molecule has 2 rings (SSSR count). The van der Waals surface area contributed by atoms with Gasteiger partial charge in [0.2, 0.25) is 21.8 Å². The SMILES string of the molecule is CC[C@H](C)NC(=O)[C@H](CC)N(Cc1ccccc1C)C(=O)CN(c1ccc(Br)cc1)S(C)(=O)=O. The smallest absolute Gasteiger partial charge is 0.244 e. The number of aryl methyl sites for hydroxylation is 1. The molecule has 0 aliphatic rings. The van der Waals surface area contributed by atoms with Crippen molar-refractivity contribution in [1.82, 2.24) is 10.2 Å². The number of anilines is 1. The molecule has 2 atom stereocenters. The summed E-state index contributed by atoms with van der Waals surface area (Å²) in [5.41, 5.74) is 2.28. The molecular weight excluding hydrogens is 518 g/mol. The van der Waals surface area contributed by atoms with Crippen LogP contribution >= 0.6 is 15.9 Å². The molecule has 1 N–H and O–H groups in total. The molecule has 0 heterocycles. The number of sulfonamides is 1. The lowest BCUT2D eigenvalue weighted by atomic mass is 10.1. The normalized spacial score (nSPS) is 13.1. The molecular formula is C25H34BrN3O4S. The average molecular weight is 553 g/mol. The zero-order valence-corrected chi connectivity index (χ0v) is 22.8. The first-order chi connectivity index (χ1) is 16.0. The first-order valence-corrected chi connectivity index (χ1v) is 14.0. The molecule has 0 aromatic heterocycles. The maximum atomic E-state index is 13.6. The molecule has 0 saturated carbocycles. The van der Waals surface area contributed by atoms with Crippen molar-refractivity contribution in [2.75, 3.05) is 17.1 Å². The van der Waals surface area contributed by atoms with Crippen molar-refractivity contribution >= 4 is 43.5 Å². The van der Waals surface area contributed by atoms with Crippen molar-refractivity contribution in [3.8, 4) is 0 Å². The summed E-state index contributed by atoms with van der Waals surface area (Å²) in [6.07, 6.45) is 2.23. The van der Waals surface area contributed by atoms with Crippen LogP contribution in [0.1, 0.15) is 44.7 Å². The van der Waals surface area contributed by atoms with Crippen LogP contribution in [0.2, 0.25) is 0 Å². The Morgan fingerprint density at radius 3 is 2.18 bits per heavy atom. The summed E-state index contributed by atoms with van der Waals surface area (Å²) >= 11 is 3.35. The largest absolute Gasteiger partial charge is 0.352 e. The molecule has 0 aliphatic heterocycles. The van der Waals surface area contributed by atoms with Gasteiger partial charge in [0.05, 0.1) is 11.9 Å². The molecule has 0 spiro atoms. The Labute approximate surface area is 211 Å². The zero-order valence-electron chi connectivity index (χ0n) is 20.4. The first-order valence-electron chi connectivity index (χ1n) is 11.4. The van der Waals surface area contributed by atoms with Gasteiger partial charge in [-0.2, -0.15) is 0 Å². The molecule has 2 aromatic carbocycles. The highest BCUT2D eigenvalue weighted by molar-refractivity contribution is 9.10. The van der Waals surface area contributed by atoms with Gasteiger partial charge in [-0.05, 0) is 62.1 Å². The number of hydrogen-bond acceptors (Lipinski definition) is 4. The molecule has 0 aliphatic carbocycles. The molecule has 0 unspecified atom stereocenters. The summed E-state index contributed by atoms with van der Waals surface area (Å²) < 4.78 is 27.1. The monoisotopic (exact) mass is 551 g/mol. The number of benzene rings is 2. The molecule has 7 nitrogen and oxygen atoms in total. The molecule has 0 radical (unpaired) electrons. The lowest BCUT2D eigenvalue weighted by Crippen LogP contribution is -2.53. The maximum Gasteiger partial charge on any atom is 0.244 e. The minimum atomic E-state index is -3.75. The standard InChI is InChI=1S/C25H34BrN3O4S/c1-6-19(4)27-25(31)23(7-2)28(16-20-11-9-8-10-18(20)3)24(30)17-29(34(5,32)33)22-14-12-21(26)13-15-22/h8-15,19,23H,6-7,16-17H2,1-5H3,(H,27,31)/t19-,23-/m0/s1. The highest BCUT2D eigenvalue weighted by Gasteiger charge is 2.32. The predicted octanol–water partition coefficient (Wildman–Crippen LogP) is 4.25. The summed E-state index contributed by atoms with van der Waals surface area (Å²) in [5.74, 6) is -0.684. The third-order valence-corrected chi connectivity index (χ3v) is 7.45. The Kier molecular flexibility index (Phi) is 10.1. The van der Waals surface area contributed by atoms with E-state index in [0.29, 0.717) is 12.1 Å². The number of nitrogens with zero attached hydrogens (tertiary/aromatic N) is 2. The second-order valence-electron chi connectivity index (χ2n) is 8.44. The van der Waals surface area contributed by atoms with Crippen LogP contribution < -0.4 is 9.62 Å². The Hall–Kier alpha value is -2.39. The molecule has 2 amide bonds. The van der Waals surface area contributed by atoms with E-state index in [1.165, 1.54) is 4.90 Å². The van der Waals surface area contributed by atoms with Crippen LogP contribution in [-0.2, 0) is 26.2 Å². The number of rotatable bonds is 11. The molecule has 0 fully saturated rings. The summed E-state index contributed by atoms with van der Waals surface area (Å²) in [7, 11) is -3.75. The van der Waals surface area contributed by atoms with Crippen LogP contribution in [0.4, 0.5) is 5.69 Å². The molecule has 186 valence electrons. The number of nitrogens with one attached hydrogen (secondary N) is 1. The third-order valence-electron chi connectivity index (χ3n) is 5.78. The van der Waals surface area contributed by atoms with Gasteiger partial charge in [0.25, 0.3) is 0 Å². The predicted molar refractivity (Wildman–Crippen MR) is 140 cm³/mol. The number of hydrogen-bond donors (Lipinski definition) is 1. The van der Waals surface area contributed by atoms with Crippen molar-refractivity contribution in [1.29, 1.82) is 0 Å². The van der Waals surface area contributed by atoms with Gasteiger partial charge in [0.1, 0.15) is 12.6 Å². The van der Waals surface area contributed by atoms with Crippen LogP contribution in [0.25, 0.3) is 0 Å². The van der Waals surface area contributed by atoms with E-state index in [-0.39, 0.29) is 18.5 Å². The van der Waals surface area contributed by atoms with E-state index in [4.69, 9.17) is 0 Å². The van der Waals surface area contributed by atoms with Gasteiger partial charge < -0.3 is 10.2 Å². The lowest BCUT2D eigenvalue weighted by Gasteiger charge is -2.33. The molecule has 0 saturated heterocycles. The average Bonchev–Trinajstić information content (AvgIpc) is 2.78. The summed E-state index contributed by atoms with van der Waals surface area (Å²) in [4.78, 5) is 28.3. The van der Waals surface area contributed by atoms with Crippen molar-refractivity contribution in [2.24, 2.45) is 0 Å². The fourth-order valence-corrected chi connectivity index (χ4v) is 4.67. The van der Waals surface area contributed by atoms with E-state index in [2.05, 4.69) is 21.2 Å². The van der Waals surface area contributed by atoms with Crippen LogP contribution in [-0.4, -0.2) is 50.0 Å². The molecule has 0 bridgehead atoms. The van der Waals surface area contributed by atoms with Gasteiger partial charge in [0.15, 0.2) is 0 Å². The Morgan fingerprint density at radius 1 is 1.03 bits per heavy atom. The Morgan fingerprint density at radius 2 is 1.65 bits per heavy atom. The molecule has 34 heavy (non-hydrogen) atoms. The second kappa shape index (κ2) is 12.4. The lowest BCUT2D eigenvalue weighted by molar-refractivity contribution is -0.140. The third kappa shape index (κ3) is 7.56. The minimum absolute atomic E-state index is 0.0350. The van der Waals surface area contributed by atoms with Gasteiger partial charge in [-0.3, -0.25) is 13.9 Å². The fourth-order valence-electron chi connectivity index (χ4n) is 3.55. The van der Waals surface area contributed by atoms with Gasteiger partial charge >= 0.3 is 0 Å². The van der Waals surface area contributed by atoms with E-state index in [1.54, 1.807) is 24.3 Å². The van der Waals surface area contributed by atoms with E-state index in [1.807, 2.05) is 52.0 Å². The second-order valence-corrected chi connectivity index (χ2v) is 11.3. The van der Waals surface area contributed by atoms with E-state index in [0.717, 1.165) is 32.6 Å². The minimum Gasteiger partial charge on any atom is -0.352 e. The fraction of sp³-hybridized carbons (Fsp3) is 0.440. The number of carbonyl (C=O) groups excluding carboxylic acids is 2. The maximum absolute atomic E-state index is 13.6. The first kappa shape index (κ1) is 27.9.